The minimum atomic E-state index is -0.000772. The van der Waals surface area contributed by atoms with Gasteiger partial charge in [-0.25, -0.2) is 0 Å². The number of carbonyl (C=O) groups is 1. The molecule has 0 saturated carbocycles. The number of hydrogen-bond acceptors (Lipinski definition) is 1. The fraction of sp³-hybridized carbons (Fsp3) is 0. The van der Waals surface area contributed by atoms with Crippen molar-refractivity contribution in [3.8, 4) is 0 Å². The van der Waals surface area contributed by atoms with Crippen molar-refractivity contribution in [3.05, 3.63) is 81.3 Å². The first-order valence-corrected chi connectivity index (χ1v) is 7.31. The van der Waals surface area contributed by atoms with E-state index in [0.717, 1.165) is 15.2 Å². The summed E-state index contributed by atoms with van der Waals surface area (Å²) in [5.41, 5.74) is 1.33. The monoisotopic (exact) mass is 344 g/mol. The van der Waals surface area contributed by atoms with Gasteiger partial charge < -0.3 is 0 Å². The Labute approximate surface area is 130 Å². The molecule has 0 aliphatic rings. The molecule has 3 rings (SSSR count). The zero-order valence-corrected chi connectivity index (χ0v) is 12.8. The van der Waals surface area contributed by atoms with Gasteiger partial charge in [-0.15, -0.1) is 0 Å². The van der Waals surface area contributed by atoms with Crippen LogP contribution in [-0.4, -0.2) is 5.78 Å². The SMILES string of the molecule is O=C(c1ccc(Cl)c(Br)c1)c1cccc2ccccc12. The molecule has 98 valence electrons. The lowest BCUT2D eigenvalue weighted by molar-refractivity contribution is 0.104. The van der Waals surface area contributed by atoms with Crippen LogP contribution in [0.2, 0.25) is 5.02 Å². The van der Waals surface area contributed by atoms with Crippen molar-refractivity contribution in [1.29, 1.82) is 0 Å². The number of rotatable bonds is 2. The van der Waals surface area contributed by atoms with Crippen LogP contribution in [0.25, 0.3) is 10.8 Å². The number of benzene rings is 3. The van der Waals surface area contributed by atoms with Crippen LogP contribution in [0.1, 0.15) is 15.9 Å². The van der Waals surface area contributed by atoms with Crippen LogP contribution in [0.3, 0.4) is 0 Å². The molecule has 0 heterocycles. The van der Waals surface area contributed by atoms with Crippen LogP contribution in [0, 0.1) is 0 Å². The van der Waals surface area contributed by atoms with E-state index in [1.54, 1.807) is 18.2 Å². The summed E-state index contributed by atoms with van der Waals surface area (Å²) in [6, 6.07) is 18.9. The molecule has 0 aliphatic heterocycles. The van der Waals surface area contributed by atoms with Crippen molar-refractivity contribution in [2.75, 3.05) is 0 Å². The Morgan fingerprint density at radius 3 is 2.50 bits per heavy atom. The van der Waals surface area contributed by atoms with E-state index in [2.05, 4.69) is 15.9 Å². The zero-order valence-electron chi connectivity index (χ0n) is 10.4. The van der Waals surface area contributed by atoms with Crippen molar-refractivity contribution in [2.45, 2.75) is 0 Å². The predicted octanol–water partition coefficient (Wildman–Crippen LogP) is 5.49. The lowest BCUT2D eigenvalue weighted by Gasteiger charge is -2.07. The number of fused-ring (bicyclic) bond motifs is 1. The lowest BCUT2D eigenvalue weighted by atomic mass is 9.97. The highest BCUT2D eigenvalue weighted by Gasteiger charge is 2.13. The normalized spacial score (nSPS) is 10.7. The summed E-state index contributed by atoms with van der Waals surface area (Å²) in [4.78, 5) is 12.7. The van der Waals surface area contributed by atoms with Crippen LogP contribution < -0.4 is 0 Å². The molecule has 1 nitrogen and oxygen atoms in total. The van der Waals surface area contributed by atoms with Gasteiger partial charge in [-0.2, -0.15) is 0 Å². The van der Waals surface area contributed by atoms with Gasteiger partial charge in [0, 0.05) is 15.6 Å². The highest BCUT2D eigenvalue weighted by molar-refractivity contribution is 9.10. The summed E-state index contributed by atoms with van der Waals surface area (Å²) in [5.74, 6) is -0.000772. The molecule has 0 amide bonds. The van der Waals surface area contributed by atoms with Gasteiger partial charge in [-0.1, -0.05) is 54.1 Å². The fourth-order valence-electron chi connectivity index (χ4n) is 2.22. The van der Waals surface area contributed by atoms with Crippen molar-refractivity contribution >= 4 is 44.1 Å². The van der Waals surface area contributed by atoms with Crippen molar-refractivity contribution in [2.24, 2.45) is 0 Å². The summed E-state index contributed by atoms with van der Waals surface area (Å²) in [6.07, 6.45) is 0. The van der Waals surface area contributed by atoms with Gasteiger partial charge >= 0.3 is 0 Å². The van der Waals surface area contributed by atoms with Crippen LogP contribution in [0.5, 0.6) is 0 Å². The maximum atomic E-state index is 12.7. The molecule has 0 spiro atoms. The van der Waals surface area contributed by atoms with E-state index in [9.17, 15) is 4.79 Å². The average molecular weight is 346 g/mol. The first-order chi connectivity index (χ1) is 9.66. The molecule has 0 aromatic heterocycles. The summed E-state index contributed by atoms with van der Waals surface area (Å²) in [7, 11) is 0. The fourth-order valence-corrected chi connectivity index (χ4v) is 2.71. The second-order valence-electron chi connectivity index (χ2n) is 4.48. The van der Waals surface area contributed by atoms with E-state index < -0.39 is 0 Å². The van der Waals surface area contributed by atoms with Gasteiger partial charge in [0.15, 0.2) is 5.78 Å². The summed E-state index contributed by atoms with van der Waals surface area (Å²) in [6.45, 7) is 0. The second-order valence-corrected chi connectivity index (χ2v) is 5.75. The maximum absolute atomic E-state index is 12.7. The minimum absolute atomic E-state index is 0.000772. The predicted molar refractivity (Wildman–Crippen MR) is 86.5 cm³/mol. The molecule has 20 heavy (non-hydrogen) atoms. The second kappa shape index (κ2) is 5.39. The van der Waals surface area contributed by atoms with E-state index in [0.29, 0.717) is 16.1 Å². The molecule has 0 unspecified atom stereocenters. The lowest BCUT2D eigenvalue weighted by Crippen LogP contribution is -2.02. The highest BCUT2D eigenvalue weighted by atomic mass is 79.9. The molecule has 3 aromatic rings. The first kappa shape index (κ1) is 13.3. The topological polar surface area (TPSA) is 17.1 Å². The third kappa shape index (κ3) is 2.37. The van der Waals surface area contributed by atoms with E-state index in [4.69, 9.17) is 11.6 Å². The molecule has 0 atom stereocenters. The van der Waals surface area contributed by atoms with Crippen LogP contribution in [0.4, 0.5) is 0 Å². The van der Waals surface area contributed by atoms with Gasteiger partial charge in [-0.3, -0.25) is 4.79 Å². The molecule has 0 aliphatic carbocycles. The smallest absolute Gasteiger partial charge is 0.193 e. The molecule has 0 N–H and O–H groups in total. The largest absolute Gasteiger partial charge is 0.289 e. The number of hydrogen-bond donors (Lipinski definition) is 0. The highest BCUT2D eigenvalue weighted by Crippen LogP contribution is 2.26. The number of ketones is 1. The Bertz CT molecular complexity index is 806. The molecule has 0 radical (unpaired) electrons. The summed E-state index contributed by atoms with van der Waals surface area (Å²) >= 11 is 9.32. The van der Waals surface area contributed by atoms with Gasteiger partial charge in [0.05, 0.1) is 5.02 Å². The van der Waals surface area contributed by atoms with E-state index in [1.165, 1.54) is 0 Å². The Morgan fingerprint density at radius 2 is 1.70 bits per heavy atom. The van der Waals surface area contributed by atoms with Gasteiger partial charge in [0.1, 0.15) is 0 Å². The van der Waals surface area contributed by atoms with Gasteiger partial charge in [-0.05, 0) is 44.9 Å². The molecule has 0 saturated heterocycles. The van der Waals surface area contributed by atoms with E-state index in [1.807, 2.05) is 42.5 Å². The Balaban J connectivity index is 2.15. The third-order valence-electron chi connectivity index (χ3n) is 3.22. The van der Waals surface area contributed by atoms with Crippen molar-refractivity contribution in [1.82, 2.24) is 0 Å². The minimum Gasteiger partial charge on any atom is -0.289 e. The Kier molecular flexibility index (Phi) is 3.60. The average Bonchev–Trinajstić information content (AvgIpc) is 2.49. The van der Waals surface area contributed by atoms with Crippen molar-refractivity contribution in [3.63, 3.8) is 0 Å². The molecule has 0 bridgehead atoms. The summed E-state index contributed by atoms with van der Waals surface area (Å²) in [5, 5.41) is 2.62. The number of carbonyl (C=O) groups excluding carboxylic acids is 1. The molecular weight excluding hydrogens is 336 g/mol. The maximum Gasteiger partial charge on any atom is 0.193 e. The third-order valence-corrected chi connectivity index (χ3v) is 4.43. The molecule has 3 aromatic carbocycles. The summed E-state index contributed by atoms with van der Waals surface area (Å²) < 4.78 is 0.727. The molecule has 3 heteroatoms. The van der Waals surface area contributed by atoms with Gasteiger partial charge in [0.2, 0.25) is 0 Å². The zero-order chi connectivity index (χ0) is 14.1. The molecule has 0 fully saturated rings. The van der Waals surface area contributed by atoms with Crippen LogP contribution in [0.15, 0.2) is 65.1 Å². The standard InChI is InChI=1S/C17H10BrClO/c18-15-10-12(8-9-16(15)19)17(20)14-7-3-5-11-4-1-2-6-13(11)14/h1-10H. The van der Waals surface area contributed by atoms with E-state index >= 15 is 0 Å². The van der Waals surface area contributed by atoms with Gasteiger partial charge in [0.25, 0.3) is 0 Å². The van der Waals surface area contributed by atoms with E-state index in [-0.39, 0.29) is 5.78 Å². The Hall–Kier alpha value is -1.64. The Morgan fingerprint density at radius 1 is 0.950 bits per heavy atom. The van der Waals surface area contributed by atoms with Crippen LogP contribution in [-0.2, 0) is 0 Å². The van der Waals surface area contributed by atoms with Crippen LogP contribution >= 0.6 is 27.5 Å². The quantitative estimate of drug-likeness (QED) is 0.562. The van der Waals surface area contributed by atoms with Crippen molar-refractivity contribution < 1.29 is 4.79 Å². The number of halogens is 2. The first-order valence-electron chi connectivity index (χ1n) is 6.14. The molecular formula is C17H10BrClO.